The predicted molar refractivity (Wildman–Crippen MR) is 125 cm³/mol. The molecule has 1 aliphatic heterocycles. The molecule has 2 aliphatic rings. The molecule has 9 heteroatoms. The number of hydrogen-bond donors (Lipinski definition) is 2. The number of benzene rings is 2. The normalized spacial score (nSPS) is 17.4. The molecule has 0 spiro atoms. The lowest BCUT2D eigenvalue weighted by atomic mass is 9.77. The molecule has 3 N–H and O–H groups in total. The van der Waals surface area contributed by atoms with Crippen molar-refractivity contribution in [2.24, 2.45) is 5.73 Å². The second kappa shape index (κ2) is 9.89. The van der Waals surface area contributed by atoms with Crippen molar-refractivity contribution in [2.75, 3.05) is 19.0 Å². The van der Waals surface area contributed by atoms with Crippen LogP contribution in [0.1, 0.15) is 30.7 Å². The summed E-state index contributed by atoms with van der Waals surface area (Å²) in [5.74, 6) is 0.0923. The monoisotopic (exact) mass is 479 g/mol. The average molecular weight is 480 g/mol. The number of ether oxygens (including phenoxy) is 3. The number of amides is 1. The van der Waals surface area contributed by atoms with E-state index in [2.05, 4.69) is 11.4 Å². The van der Waals surface area contributed by atoms with E-state index in [4.69, 9.17) is 31.5 Å². The van der Waals surface area contributed by atoms with E-state index < -0.39 is 5.92 Å². The molecule has 0 bridgehead atoms. The van der Waals surface area contributed by atoms with Crippen LogP contribution in [0.15, 0.2) is 65.3 Å². The highest BCUT2D eigenvalue weighted by atomic mass is 35.5. The van der Waals surface area contributed by atoms with E-state index in [0.29, 0.717) is 58.4 Å². The number of nitriles is 1. The van der Waals surface area contributed by atoms with E-state index in [1.807, 2.05) is 0 Å². The molecule has 0 radical (unpaired) electrons. The Bertz CT molecular complexity index is 1260. The minimum Gasteiger partial charge on any atom is -0.493 e. The predicted octanol–water partition coefficient (Wildman–Crippen LogP) is 4.18. The Hall–Kier alpha value is -3.96. The van der Waals surface area contributed by atoms with Crippen molar-refractivity contribution < 1.29 is 23.8 Å². The Morgan fingerprint density at radius 3 is 2.82 bits per heavy atom. The number of anilines is 1. The fraction of sp³-hybridized carbons (Fsp3) is 0.240. The molecule has 4 rings (SSSR count). The zero-order valence-corrected chi connectivity index (χ0v) is 19.1. The second-order valence-electron chi connectivity index (χ2n) is 7.80. The van der Waals surface area contributed by atoms with E-state index in [-0.39, 0.29) is 29.8 Å². The van der Waals surface area contributed by atoms with Crippen molar-refractivity contribution in [2.45, 2.75) is 25.2 Å². The summed E-state index contributed by atoms with van der Waals surface area (Å²) < 4.78 is 16.7. The summed E-state index contributed by atoms with van der Waals surface area (Å²) in [5, 5.41) is 12.9. The number of methoxy groups -OCH3 is 1. The summed E-state index contributed by atoms with van der Waals surface area (Å²) in [7, 11) is 1.47. The van der Waals surface area contributed by atoms with Gasteiger partial charge in [-0.05, 0) is 42.3 Å². The maximum absolute atomic E-state index is 12.7. The van der Waals surface area contributed by atoms with Crippen LogP contribution in [0, 0.1) is 11.3 Å². The van der Waals surface area contributed by atoms with Gasteiger partial charge in [0.2, 0.25) is 5.88 Å². The zero-order valence-electron chi connectivity index (χ0n) is 18.4. The zero-order chi connectivity index (χ0) is 24.2. The van der Waals surface area contributed by atoms with Crippen LogP contribution in [-0.4, -0.2) is 25.4 Å². The van der Waals surface area contributed by atoms with E-state index >= 15 is 0 Å². The summed E-state index contributed by atoms with van der Waals surface area (Å²) >= 11 is 5.94. The number of nitrogens with one attached hydrogen (secondary N) is 1. The molecule has 1 unspecified atom stereocenters. The van der Waals surface area contributed by atoms with Crippen LogP contribution in [0.25, 0.3) is 0 Å². The minimum atomic E-state index is -0.657. The first kappa shape index (κ1) is 23.2. The molecular formula is C25H22ClN3O5. The van der Waals surface area contributed by atoms with Crippen LogP contribution in [-0.2, 0) is 14.3 Å². The van der Waals surface area contributed by atoms with Crippen molar-refractivity contribution in [1.82, 2.24) is 0 Å². The van der Waals surface area contributed by atoms with Crippen LogP contribution >= 0.6 is 11.6 Å². The minimum absolute atomic E-state index is 0.00192. The van der Waals surface area contributed by atoms with Gasteiger partial charge in [0.15, 0.2) is 23.9 Å². The van der Waals surface area contributed by atoms with E-state index in [1.165, 1.54) is 7.11 Å². The first-order valence-electron chi connectivity index (χ1n) is 10.6. The van der Waals surface area contributed by atoms with Gasteiger partial charge < -0.3 is 25.3 Å². The molecule has 34 heavy (non-hydrogen) atoms. The highest BCUT2D eigenvalue weighted by molar-refractivity contribution is 6.30. The average Bonchev–Trinajstić information content (AvgIpc) is 2.82. The summed E-state index contributed by atoms with van der Waals surface area (Å²) in [6.07, 6.45) is 1.64. The molecule has 0 fully saturated rings. The van der Waals surface area contributed by atoms with Crippen molar-refractivity contribution in [1.29, 1.82) is 5.26 Å². The van der Waals surface area contributed by atoms with Crippen molar-refractivity contribution in [3.63, 3.8) is 0 Å². The molecule has 1 aliphatic carbocycles. The smallest absolute Gasteiger partial charge is 0.262 e. The number of allylic oxidation sites excluding steroid dienone is 3. The molecule has 1 atom stereocenters. The van der Waals surface area contributed by atoms with E-state index in [9.17, 15) is 14.9 Å². The van der Waals surface area contributed by atoms with Crippen molar-refractivity contribution >= 4 is 29.0 Å². The number of hydrogen-bond acceptors (Lipinski definition) is 7. The Balaban J connectivity index is 1.57. The topological polar surface area (TPSA) is 124 Å². The first-order valence-corrected chi connectivity index (χ1v) is 11.0. The lowest BCUT2D eigenvalue weighted by Gasteiger charge is -2.31. The summed E-state index contributed by atoms with van der Waals surface area (Å²) in [5.41, 5.74) is 7.82. The maximum atomic E-state index is 12.7. The molecule has 0 aromatic heterocycles. The Labute approximate surface area is 201 Å². The van der Waals surface area contributed by atoms with Gasteiger partial charge in [0.25, 0.3) is 5.91 Å². The van der Waals surface area contributed by atoms with E-state index in [1.54, 1.807) is 42.5 Å². The molecule has 2 aromatic carbocycles. The van der Waals surface area contributed by atoms with Crippen molar-refractivity contribution in [3.05, 3.63) is 75.8 Å². The third kappa shape index (κ3) is 4.70. The highest BCUT2D eigenvalue weighted by Gasteiger charge is 2.38. The van der Waals surface area contributed by atoms with Gasteiger partial charge in [0.1, 0.15) is 17.4 Å². The van der Waals surface area contributed by atoms with Gasteiger partial charge in [0, 0.05) is 29.1 Å². The Morgan fingerprint density at radius 2 is 2.09 bits per heavy atom. The number of carbonyl (C=O) groups excluding carboxylic acids is 2. The lowest BCUT2D eigenvalue weighted by Crippen LogP contribution is -2.27. The molecular weight excluding hydrogens is 458 g/mol. The van der Waals surface area contributed by atoms with Gasteiger partial charge in [-0.3, -0.25) is 9.59 Å². The number of ketones is 1. The highest BCUT2D eigenvalue weighted by Crippen LogP contribution is 2.45. The van der Waals surface area contributed by atoms with E-state index in [0.717, 1.165) is 0 Å². The number of nitrogens with zero attached hydrogens (tertiary/aromatic N) is 1. The number of carbonyl (C=O) groups is 2. The Morgan fingerprint density at radius 1 is 1.26 bits per heavy atom. The first-order chi connectivity index (χ1) is 16.4. The van der Waals surface area contributed by atoms with Gasteiger partial charge in [-0.25, -0.2) is 0 Å². The number of halogens is 1. The fourth-order valence-electron chi connectivity index (χ4n) is 4.08. The van der Waals surface area contributed by atoms with Gasteiger partial charge in [-0.15, -0.1) is 0 Å². The number of rotatable bonds is 6. The van der Waals surface area contributed by atoms with Crippen LogP contribution in [0.3, 0.4) is 0 Å². The quantitative estimate of drug-likeness (QED) is 0.636. The molecule has 8 nitrogen and oxygen atoms in total. The SMILES string of the molecule is COc1cc(C2C(C#N)=C(N)OC3=C2C(=O)CCC3)ccc1OCC(=O)Nc1cccc(Cl)c1. The van der Waals surface area contributed by atoms with Gasteiger partial charge >= 0.3 is 0 Å². The summed E-state index contributed by atoms with van der Waals surface area (Å²) in [4.78, 5) is 25.0. The third-order valence-corrected chi connectivity index (χ3v) is 5.83. The third-order valence-electron chi connectivity index (χ3n) is 5.59. The molecule has 2 aromatic rings. The maximum Gasteiger partial charge on any atom is 0.262 e. The molecule has 0 saturated carbocycles. The standard InChI is InChI=1S/C25H22ClN3O5/c1-32-21-10-14(23-17(12-27)25(28)34-20-7-3-6-18(30)24(20)23)8-9-19(21)33-13-22(31)29-16-5-2-4-15(26)11-16/h2,4-5,8-11,23H,3,6-7,13,28H2,1H3,(H,29,31). The Kier molecular flexibility index (Phi) is 6.75. The summed E-state index contributed by atoms with van der Waals surface area (Å²) in [6, 6.07) is 13.9. The van der Waals surface area contributed by atoms with Gasteiger partial charge in [0.05, 0.1) is 13.0 Å². The number of Topliss-reactive ketones (excluding diaryl/α,β-unsaturated/α-hetero) is 1. The fourth-order valence-corrected chi connectivity index (χ4v) is 4.27. The van der Waals surface area contributed by atoms with Crippen LogP contribution < -0.4 is 20.5 Å². The number of nitrogens with two attached hydrogens (primary N) is 1. The van der Waals surface area contributed by atoms with Crippen molar-refractivity contribution in [3.8, 4) is 17.6 Å². The van der Waals surface area contributed by atoms with Gasteiger partial charge in [-0.1, -0.05) is 23.7 Å². The van der Waals surface area contributed by atoms with Gasteiger partial charge in [-0.2, -0.15) is 5.26 Å². The largest absolute Gasteiger partial charge is 0.493 e. The van der Waals surface area contributed by atoms with Crippen LogP contribution in [0.5, 0.6) is 11.5 Å². The molecule has 0 saturated heterocycles. The van der Waals surface area contributed by atoms with Crippen LogP contribution in [0.2, 0.25) is 5.02 Å². The molecule has 1 heterocycles. The van der Waals surface area contributed by atoms with Crippen LogP contribution in [0.4, 0.5) is 5.69 Å². The second-order valence-corrected chi connectivity index (χ2v) is 8.23. The lowest BCUT2D eigenvalue weighted by molar-refractivity contribution is -0.118. The molecule has 1 amide bonds. The molecule has 174 valence electrons. The summed E-state index contributed by atoms with van der Waals surface area (Å²) in [6.45, 7) is -0.260.